The van der Waals surface area contributed by atoms with E-state index in [1.165, 1.54) is 11.1 Å². The summed E-state index contributed by atoms with van der Waals surface area (Å²) in [6.07, 6.45) is 1.11. The Morgan fingerprint density at radius 3 is 2.07 bits per heavy atom. The van der Waals surface area contributed by atoms with E-state index in [9.17, 15) is 0 Å². The van der Waals surface area contributed by atoms with Gasteiger partial charge in [0.25, 0.3) is 0 Å². The van der Waals surface area contributed by atoms with Crippen LogP contribution < -0.4 is 10.6 Å². The number of nitrogens with one attached hydrogen (secondary N) is 2. The molecule has 0 aliphatic heterocycles. The van der Waals surface area contributed by atoms with Crippen LogP contribution in [0.5, 0.6) is 0 Å². The summed E-state index contributed by atoms with van der Waals surface area (Å²) in [6.45, 7) is 15.7. The first-order chi connectivity index (χ1) is 12.8. The van der Waals surface area contributed by atoms with E-state index in [-0.39, 0.29) is 0 Å². The van der Waals surface area contributed by atoms with Crippen LogP contribution >= 0.6 is 0 Å². The van der Waals surface area contributed by atoms with Crippen LogP contribution in [0, 0.1) is 0 Å². The predicted octanol–water partition coefficient (Wildman–Crippen LogP) is 3.31. The molecule has 0 fully saturated rings. The van der Waals surface area contributed by atoms with Crippen LogP contribution in [0.2, 0.25) is 0 Å². The number of hydrogen-bond donors (Lipinski definition) is 2. The van der Waals surface area contributed by atoms with Crippen LogP contribution in [-0.4, -0.2) is 61.6 Å². The smallest absolute Gasteiger partial charge is 0.191 e. The van der Waals surface area contributed by atoms with Gasteiger partial charge in [-0.1, -0.05) is 24.3 Å². The first-order valence-electron chi connectivity index (χ1n) is 10.3. The number of nitrogens with zero attached hydrogens (tertiary/aromatic N) is 3. The lowest BCUT2D eigenvalue weighted by Gasteiger charge is -2.30. The first kappa shape index (κ1) is 23.4. The second-order valence-corrected chi connectivity index (χ2v) is 7.96. The van der Waals surface area contributed by atoms with Crippen molar-refractivity contribution in [3.63, 3.8) is 0 Å². The molecule has 0 saturated heterocycles. The Bertz CT molecular complexity index is 526. The summed E-state index contributed by atoms with van der Waals surface area (Å²) in [5.41, 5.74) is 2.57. The van der Waals surface area contributed by atoms with E-state index in [2.05, 4.69) is 93.4 Å². The van der Waals surface area contributed by atoms with Gasteiger partial charge in [0.05, 0.1) is 6.54 Å². The fourth-order valence-electron chi connectivity index (χ4n) is 3.21. The predicted molar refractivity (Wildman–Crippen MR) is 118 cm³/mol. The van der Waals surface area contributed by atoms with Crippen LogP contribution in [0.3, 0.4) is 0 Å². The minimum Gasteiger partial charge on any atom is -0.357 e. The standard InChI is InChI=1S/C22H41N5/c1-8-23-22(24-14-9-15-27(18(2)3)19(4)5)25-16-20-10-12-21(13-11-20)17-26(6)7/h10-13,18-19H,8-9,14-17H2,1-7H3,(H2,23,24,25). The summed E-state index contributed by atoms with van der Waals surface area (Å²) in [5, 5.41) is 6.81. The number of benzene rings is 1. The molecule has 2 N–H and O–H groups in total. The largest absolute Gasteiger partial charge is 0.357 e. The van der Waals surface area contributed by atoms with Crippen LogP contribution in [0.15, 0.2) is 29.3 Å². The molecule has 1 aromatic rings. The Hall–Kier alpha value is -1.59. The maximum Gasteiger partial charge on any atom is 0.191 e. The molecule has 0 unspecified atom stereocenters. The lowest BCUT2D eigenvalue weighted by molar-refractivity contribution is 0.173. The second kappa shape index (κ2) is 12.7. The van der Waals surface area contributed by atoms with Crippen molar-refractivity contribution in [1.29, 1.82) is 0 Å². The summed E-state index contributed by atoms with van der Waals surface area (Å²) in [6, 6.07) is 9.91. The van der Waals surface area contributed by atoms with Gasteiger partial charge in [0, 0.05) is 38.3 Å². The molecule has 5 heteroatoms. The van der Waals surface area contributed by atoms with Crippen molar-refractivity contribution in [2.45, 2.75) is 66.2 Å². The third-order valence-electron chi connectivity index (χ3n) is 4.50. The molecule has 154 valence electrons. The number of hydrogen-bond acceptors (Lipinski definition) is 3. The monoisotopic (exact) mass is 375 g/mol. The highest BCUT2D eigenvalue weighted by Gasteiger charge is 2.12. The summed E-state index contributed by atoms with van der Waals surface area (Å²) in [4.78, 5) is 9.44. The van der Waals surface area contributed by atoms with Crippen LogP contribution in [0.25, 0.3) is 0 Å². The number of rotatable bonds is 11. The molecular weight excluding hydrogens is 334 g/mol. The second-order valence-electron chi connectivity index (χ2n) is 7.96. The maximum absolute atomic E-state index is 4.73. The third kappa shape index (κ3) is 9.78. The van der Waals surface area contributed by atoms with Crippen molar-refractivity contribution >= 4 is 5.96 Å². The Balaban J connectivity index is 2.50. The Labute approximate surface area is 167 Å². The van der Waals surface area contributed by atoms with Gasteiger partial charge in [-0.05, 0) is 66.3 Å². The van der Waals surface area contributed by atoms with Gasteiger partial charge in [-0.2, -0.15) is 0 Å². The van der Waals surface area contributed by atoms with Crippen molar-refractivity contribution < 1.29 is 0 Å². The molecule has 1 rings (SSSR count). The zero-order chi connectivity index (χ0) is 20.2. The van der Waals surface area contributed by atoms with E-state index < -0.39 is 0 Å². The van der Waals surface area contributed by atoms with Crippen molar-refractivity contribution in [3.05, 3.63) is 35.4 Å². The fourth-order valence-corrected chi connectivity index (χ4v) is 3.21. The quantitative estimate of drug-likeness (QED) is 0.354. The molecule has 0 atom stereocenters. The SMILES string of the molecule is CCNC(=NCc1ccc(CN(C)C)cc1)NCCCN(C(C)C)C(C)C. The zero-order valence-corrected chi connectivity index (χ0v) is 18.5. The van der Waals surface area contributed by atoms with Crippen LogP contribution in [0.4, 0.5) is 0 Å². The van der Waals surface area contributed by atoms with Crippen LogP contribution in [0.1, 0.15) is 52.2 Å². The first-order valence-corrected chi connectivity index (χ1v) is 10.3. The van der Waals surface area contributed by atoms with Crippen molar-refractivity contribution in [2.24, 2.45) is 4.99 Å². The molecule has 5 nitrogen and oxygen atoms in total. The Morgan fingerprint density at radius 1 is 0.963 bits per heavy atom. The van der Waals surface area contributed by atoms with E-state index in [0.29, 0.717) is 18.6 Å². The third-order valence-corrected chi connectivity index (χ3v) is 4.50. The highest BCUT2D eigenvalue weighted by atomic mass is 15.2. The summed E-state index contributed by atoms with van der Waals surface area (Å²) in [5.74, 6) is 0.899. The molecule has 0 bridgehead atoms. The number of guanidine groups is 1. The van der Waals surface area contributed by atoms with Gasteiger partial charge in [0.1, 0.15) is 0 Å². The van der Waals surface area contributed by atoms with Gasteiger partial charge in [0.2, 0.25) is 0 Å². The van der Waals surface area contributed by atoms with Crippen LogP contribution in [-0.2, 0) is 13.1 Å². The summed E-state index contributed by atoms with van der Waals surface area (Å²) >= 11 is 0. The lowest BCUT2D eigenvalue weighted by Crippen LogP contribution is -2.41. The molecule has 0 aliphatic rings. The topological polar surface area (TPSA) is 42.9 Å². The van der Waals surface area contributed by atoms with Gasteiger partial charge < -0.3 is 15.5 Å². The Kier molecular flexibility index (Phi) is 11.1. The van der Waals surface area contributed by atoms with Gasteiger partial charge in [-0.25, -0.2) is 4.99 Å². The van der Waals surface area contributed by atoms with Gasteiger partial charge in [-0.3, -0.25) is 4.90 Å². The zero-order valence-electron chi connectivity index (χ0n) is 18.5. The van der Waals surface area contributed by atoms with E-state index in [1.54, 1.807) is 0 Å². The highest BCUT2D eigenvalue weighted by molar-refractivity contribution is 5.79. The fraction of sp³-hybridized carbons (Fsp3) is 0.682. The molecule has 0 spiro atoms. The average molecular weight is 376 g/mol. The average Bonchev–Trinajstić information content (AvgIpc) is 2.59. The summed E-state index contributed by atoms with van der Waals surface area (Å²) < 4.78 is 0. The van der Waals surface area contributed by atoms with Gasteiger partial charge in [-0.15, -0.1) is 0 Å². The molecule has 27 heavy (non-hydrogen) atoms. The van der Waals surface area contributed by atoms with E-state index >= 15 is 0 Å². The lowest BCUT2D eigenvalue weighted by atomic mass is 10.1. The molecule has 0 radical (unpaired) electrons. The Morgan fingerprint density at radius 2 is 1.56 bits per heavy atom. The van der Waals surface area contributed by atoms with Gasteiger partial charge >= 0.3 is 0 Å². The summed E-state index contributed by atoms with van der Waals surface area (Å²) in [7, 11) is 4.18. The van der Waals surface area contributed by atoms with Crippen molar-refractivity contribution in [2.75, 3.05) is 33.7 Å². The maximum atomic E-state index is 4.73. The molecular formula is C22H41N5. The normalized spacial score (nSPS) is 12.5. The molecule has 0 aromatic heterocycles. The van der Waals surface area contributed by atoms with Gasteiger partial charge in [0.15, 0.2) is 5.96 Å². The molecule has 0 amide bonds. The molecule has 0 heterocycles. The van der Waals surface area contributed by atoms with E-state index in [0.717, 1.165) is 38.6 Å². The van der Waals surface area contributed by atoms with E-state index in [1.807, 2.05) is 0 Å². The molecule has 0 saturated carbocycles. The minimum absolute atomic E-state index is 0.586. The van der Waals surface area contributed by atoms with E-state index in [4.69, 9.17) is 4.99 Å². The highest BCUT2D eigenvalue weighted by Crippen LogP contribution is 2.07. The van der Waals surface area contributed by atoms with Crippen molar-refractivity contribution in [1.82, 2.24) is 20.4 Å². The minimum atomic E-state index is 0.586. The molecule has 0 aliphatic carbocycles. The van der Waals surface area contributed by atoms with Crippen molar-refractivity contribution in [3.8, 4) is 0 Å². The number of aliphatic imine (C=N–C) groups is 1. The molecule has 1 aromatic carbocycles.